The van der Waals surface area contributed by atoms with Gasteiger partial charge in [-0.05, 0) is 37.5 Å². The highest BCUT2D eigenvalue weighted by Crippen LogP contribution is 2.70. The molecule has 0 amide bonds. The predicted octanol–water partition coefficient (Wildman–Crippen LogP) is 2.06. The molecule has 0 unspecified atom stereocenters. The van der Waals surface area contributed by atoms with Crippen molar-refractivity contribution in [2.75, 3.05) is 10.1 Å². The second-order valence-electron chi connectivity index (χ2n) is 7.33. The number of aryl methyl sites for hydroxylation is 1. The molecule has 1 N–H and O–H groups in total. The highest BCUT2D eigenvalue weighted by molar-refractivity contribution is 7.93. The Labute approximate surface area is 119 Å². The molecule has 5 nitrogen and oxygen atoms in total. The molecule has 110 valence electrons. The number of sulfonamides is 1. The third-order valence-corrected chi connectivity index (χ3v) is 8.25. The lowest BCUT2D eigenvalue weighted by Gasteiger charge is -2.37. The van der Waals surface area contributed by atoms with Crippen LogP contribution in [0.2, 0.25) is 0 Å². The number of aromatic nitrogens is 2. The molecule has 2 heterocycles. The van der Waals surface area contributed by atoms with E-state index in [0.717, 1.165) is 18.5 Å². The van der Waals surface area contributed by atoms with E-state index in [-0.39, 0.29) is 16.9 Å². The van der Waals surface area contributed by atoms with Gasteiger partial charge in [0.2, 0.25) is 10.0 Å². The maximum absolute atomic E-state index is 12.7. The number of hydrogen-bond acceptors (Lipinski definition) is 3. The van der Waals surface area contributed by atoms with Crippen LogP contribution >= 0.6 is 0 Å². The number of anilines is 1. The zero-order valence-corrected chi connectivity index (χ0v) is 13.0. The van der Waals surface area contributed by atoms with Gasteiger partial charge >= 0.3 is 0 Å². The molecular weight excluding hydrogens is 274 g/mol. The van der Waals surface area contributed by atoms with Crippen molar-refractivity contribution in [3.8, 4) is 0 Å². The van der Waals surface area contributed by atoms with Crippen LogP contribution in [0.4, 0.5) is 5.82 Å². The zero-order chi connectivity index (χ0) is 14.3. The molecular formula is C14H21N3O2S. The van der Waals surface area contributed by atoms with Crippen molar-refractivity contribution in [1.82, 2.24) is 10.2 Å². The number of hydrogen-bond donors (Lipinski definition) is 1. The molecule has 6 heteroatoms. The van der Waals surface area contributed by atoms with Crippen molar-refractivity contribution in [3.63, 3.8) is 0 Å². The Morgan fingerprint density at radius 1 is 1.45 bits per heavy atom. The number of nitrogens with one attached hydrogen (secondary N) is 1. The van der Waals surface area contributed by atoms with Gasteiger partial charge in [0.25, 0.3) is 0 Å². The Morgan fingerprint density at radius 2 is 2.20 bits per heavy atom. The standard InChI is InChI=1S/C14H21N3O2S/c1-9-6-12(16-15-9)17-11-7-10-4-5-14(11,13(10,2)3)8-20(17,18)19/h6,10-11H,4-5,7-8H2,1-3H3,(H,15,16)/t10-,11-,14-/m1/s1. The molecule has 2 aliphatic carbocycles. The molecule has 3 atom stereocenters. The van der Waals surface area contributed by atoms with Crippen LogP contribution in [0.15, 0.2) is 6.07 Å². The summed E-state index contributed by atoms with van der Waals surface area (Å²) in [6, 6.07) is 1.94. The Hall–Kier alpha value is -1.04. The number of fused-ring (bicyclic) bond motifs is 1. The fourth-order valence-corrected chi connectivity index (χ4v) is 7.66. The summed E-state index contributed by atoms with van der Waals surface area (Å²) in [5.74, 6) is 1.51. The molecule has 1 saturated heterocycles. The monoisotopic (exact) mass is 295 g/mol. The molecule has 4 rings (SSSR count). The average Bonchev–Trinajstić information content (AvgIpc) is 2.96. The van der Waals surface area contributed by atoms with Crippen molar-refractivity contribution in [1.29, 1.82) is 0 Å². The molecule has 0 radical (unpaired) electrons. The summed E-state index contributed by atoms with van der Waals surface area (Å²) in [6.45, 7) is 6.43. The highest BCUT2D eigenvalue weighted by atomic mass is 32.2. The van der Waals surface area contributed by atoms with Gasteiger partial charge in [0.05, 0.1) is 11.8 Å². The maximum Gasteiger partial charge on any atom is 0.237 e. The first kappa shape index (κ1) is 12.7. The molecule has 1 aliphatic heterocycles. The lowest BCUT2D eigenvalue weighted by atomic mass is 9.69. The first-order valence-corrected chi connectivity index (χ1v) is 8.93. The maximum atomic E-state index is 12.7. The average molecular weight is 295 g/mol. The van der Waals surface area contributed by atoms with Crippen LogP contribution in [-0.4, -0.2) is 30.4 Å². The fourth-order valence-electron chi connectivity index (χ4n) is 5.11. The Bertz CT molecular complexity index is 678. The van der Waals surface area contributed by atoms with E-state index >= 15 is 0 Å². The summed E-state index contributed by atoms with van der Waals surface area (Å²) in [4.78, 5) is 0. The number of rotatable bonds is 1. The van der Waals surface area contributed by atoms with Gasteiger partial charge in [-0.25, -0.2) is 12.7 Å². The van der Waals surface area contributed by atoms with Crippen molar-refractivity contribution in [2.45, 2.75) is 46.1 Å². The van der Waals surface area contributed by atoms with E-state index < -0.39 is 10.0 Å². The van der Waals surface area contributed by atoms with Gasteiger partial charge in [0.15, 0.2) is 5.82 Å². The Kier molecular flexibility index (Phi) is 2.16. The second-order valence-corrected chi connectivity index (χ2v) is 9.17. The summed E-state index contributed by atoms with van der Waals surface area (Å²) in [5.41, 5.74) is 0.937. The molecule has 3 aliphatic rings. The third-order valence-electron chi connectivity index (χ3n) is 6.33. The number of nitrogens with zero attached hydrogens (tertiary/aromatic N) is 2. The molecule has 2 saturated carbocycles. The molecule has 1 aromatic rings. The van der Waals surface area contributed by atoms with E-state index in [4.69, 9.17) is 0 Å². The Balaban J connectivity index is 1.87. The van der Waals surface area contributed by atoms with Gasteiger partial charge in [0, 0.05) is 17.2 Å². The third kappa shape index (κ3) is 1.24. The molecule has 0 aromatic carbocycles. The van der Waals surface area contributed by atoms with Crippen molar-refractivity contribution < 1.29 is 8.42 Å². The van der Waals surface area contributed by atoms with Crippen LogP contribution in [0.25, 0.3) is 0 Å². The van der Waals surface area contributed by atoms with Crippen molar-refractivity contribution in [3.05, 3.63) is 11.8 Å². The van der Waals surface area contributed by atoms with E-state index in [9.17, 15) is 8.42 Å². The van der Waals surface area contributed by atoms with E-state index in [1.165, 1.54) is 6.42 Å². The largest absolute Gasteiger partial charge is 0.281 e. The number of H-pyrrole nitrogens is 1. The van der Waals surface area contributed by atoms with Gasteiger partial charge in [-0.2, -0.15) is 5.10 Å². The van der Waals surface area contributed by atoms with E-state index in [0.29, 0.717) is 17.5 Å². The normalized spacial score (nSPS) is 40.2. The van der Waals surface area contributed by atoms with Gasteiger partial charge in [-0.3, -0.25) is 5.10 Å². The highest BCUT2D eigenvalue weighted by Gasteiger charge is 2.71. The summed E-state index contributed by atoms with van der Waals surface area (Å²) in [5, 5.41) is 7.07. The molecule has 1 spiro atoms. The van der Waals surface area contributed by atoms with Crippen LogP contribution in [0.5, 0.6) is 0 Å². The fraction of sp³-hybridized carbons (Fsp3) is 0.786. The van der Waals surface area contributed by atoms with E-state index in [1.54, 1.807) is 4.31 Å². The van der Waals surface area contributed by atoms with Crippen LogP contribution in [-0.2, 0) is 10.0 Å². The topological polar surface area (TPSA) is 66.1 Å². The SMILES string of the molecule is Cc1cc(N2[C@@H]3C[C@H]4CC[C@]3(CS2(=O)=O)C4(C)C)n[nH]1. The predicted molar refractivity (Wildman–Crippen MR) is 76.9 cm³/mol. The summed E-state index contributed by atoms with van der Waals surface area (Å²) in [6.07, 6.45) is 3.19. The first-order chi connectivity index (χ1) is 9.28. The lowest BCUT2D eigenvalue weighted by Crippen LogP contribution is -2.41. The van der Waals surface area contributed by atoms with Gasteiger partial charge in [0.1, 0.15) is 0 Å². The van der Waals surface area contributed by atoms with Crippen LogP contribution in [0.3, 0.4) is 0 Å². The summed E-state index contributed by atoms with van der Waals surface area (Å²) >= 11 is 0. The smallest absolute Gasteiger partial charge is 0.237 e. The van der Waals surface area contributed by atoms with Crippen LogP contribution < -0.4 is 4.31 Å². The molecule has 3 fully saturated rings. The van der Waals surface area contributed by atoms with Gasteiger partial charge < -0.3 is 0 Å². The van der Waals surface area contributed by atoms with Crippen LogP contribution in [0.1, 0.15) is 38.8 Å². The zero-order valence-electron chi connectivity index (χ0n) is 12.2. The van der Waals surface area contributed by atoms with Gasteiger partial charge in [-0.15, -0.1) is 0 Å². The Morgan fingerprint density at radius 3 is 2.80 bits per heavy atom. The van der Waals surface area contributed by atoms with E-state index in [2.05, 4.69) is 24.0 Å². The van der Waals surface area contributed by atoms with Crippen molar-refractivity contribution in [2.24, 2.45) is 16.7 Å². The minimum absolute atomic E-state index is 0.0800. The molecule has 20 heavy (non-hydrogen) atoms. The minimum Gasteiger partial charge on any atom is -0.281 e. The summed E-state index contributed by atoms with van der Waals surface area (Å²) in [7, 11) is -3.25. The minimum atomic E-state index is -3.25. The van der Waals surface area contributed by atoms with Gasteiger partial charge in [-0.1, -0.05) is 13.8 Å². The van der Waals surface area contributed by atoms with Crippen molar-refractivity contribution >= 4 is 15.8 Å². The lowest BCUT2D eigenvalue weighted by molar-refractivity contribution is 0.151. The number of aromatic amines is 1. The van der Waals surface area contributed by atoms with Crippen LogP contribution in [0, 0.1) is 23.7 Å². The van der Waals surface area contributed by atoms with E-state index in [1.807, 2.05) is 13.0 Å². The second kappa shape index (κ2) is 3.40. The molecule has 1 aromatic heterocycles. The quantitative estimate of drug-likeness (QED) is 0.862. The summed E-state index contributed by atoms with van der Waals surface area (Å²) < 4.78 is 27.1. The first-order valence-electron chi connectivity index (χ1n) is 7.32. The molecule has 2 bridgehead atoms.